The Morgan fingerprint density at radius 1 is 1.44 bits per heavy atom. The lowest BCUT2D eigenvalue weighted by molar-refractivity contribution is 0.246. The topological polar surface area (TPSA) is 77.0 Å². The van der Waals surface area contributed by atoms with E-state index in [1.165, 1.54) is 4.90 Å². The first kappa shape index (κ1) is 10.8. The van der Waals surface area contributed by atoms with Gasteiger partial charge in [-0.15, -0.1) is 0 Å². The van der Waals surface area contributed by atoms with E-state index in [4.69, 9.17) is 5.73 Å². The fraction of sp³-hybridized carbons (Fsp3) is 0.250. The summed E-state index contributed by atoms with van der Waals surface area (Å²) < 4.78 is 1.88. The van der Waals surface area contributed by atoms with Gasteiger partial charge in [-0.05, 0) is 24.5 Å². The third-order valence-corrected chi connectivity index (χ3v) is 3.17. The van der Waals surface area contributed by atoms with Crippen molar-refractivity contribution < 1.29 is 4.79 Å². The summed E-state index contributed by atoms with van der Waals surface area (Å²) in [7, 11) is 0. The van der Waals surface area contributed by atoms with Crippen LogP contribution in [0.15, 0.2) is 37.1 Å². The number of aryl methyl sites for hydroxylation is 1. The molecule has 0 aliphatic carbocycles. The van der Waals surface area contributed by atoms with E-state index >= 15 is 0 Å². The summed E-state index contributed by atoms with van der Waals surface area (Å²) in [6.45, 7) is 0. The van der Waals surface area contributed by atoms with Crippen LogP contribution in [0.1, 0.15) is 18.2 Å². The number of primary amides is 1. The minimum atomic E-state index is -0.492. The smallest absolute Gasteiger partial charge is 0.322 e. The monoisotopic (exact) mass is 243 g/mol. The van der Waals surface area contributed by atoms with Crippen molar-refractivity contribution in [3.05, 3.63) is 42.6 Å². The molecule has 1 unspecified atom stereocenters. The molecule has 0 aromatic carbocycles. The van der Waals surface area contributed by atoms with Crippen LogP contribution in [-0.4, -0.2) is 20.6 Å². The second-order valence-corrected chi connectivity index (χ2v) is 4.22. The summed E-state index contributed by atoms with van der Waals surface area (Å²) in [5, 5.41) is 0. The van der Waals surface area contributed by atoms with E-state index in [2.05, 4.69) is 9.97 Å². The van der Waals surface area contributed by atoms with Crippen LogP contribution in [0.2, 0.25) is 0 Å². The van der Waals surface area contributed by atoms with Gasteiger partial charge in [-0.1, -0.05) is 6.07 Å². The minimum absolute atomic E-state index is 0.146. The summed E-state index contributed by atoms with van der Waals surface area (Å²) in [6, 6.07) is 3.35. The van der Waals surface area contributed by atoms with Crippen molar-refractivity contribution in [1.82, 2.24) is 14.5 Å². The largest absolute Gasteiger partial charge is 0.351 e. The van der Waals surface area contributed by atoms with Crippen LogP contribution in [0.4, 0.5) is 10.6 Å². The van der Waals surface area contributed by atoms with Crippen molar-refractivity contribution in [1.29, 1.82) is 0 Å². The van der Waals surface area contributed by atoms with Gasteiger partial charge >= 0.3 is 6.03 Å². The second kappa shape index (κ2) is 4.14. The van der Waals surface area contributed by atoms with Gasteiger partial charge in [0, 0.05) is 18.6 Å². The first-order chi connectivity index (χ1) is 8.77. The zero-order valence-corrected chi connectivity index (χ0v) is 9.73. The van der Waals surface area contributed by atoms with Gasteiger partial charge in [0.05, 0.1) is 6.33 Å². The Kier molecular flexibility index (Phi) is 2.47. The summed E-state index contributed by atoms with van der Waals surface area (Å²) in [4.78, 5) is 21.5. The number of hydrogen-bond donors (Lipinski definition) is 1. The number of fused-ring (bicyclic) bond motifs is 1. The van der Waals surface area contributed by atoms with Gasteiger partial charge in [0.15, 0.2) is 0 Å². The van der Waals surface area contributed by atoms with Gasteiger partial charge in [-0.2, -0.15) is 0 Å². The van der Waals surface area contributed by atoms with Gasteiger partial charge in [0.1, 0.15) is 12.0 Å². The molecule has 92 valence electrons. The molecule has 2 aromatic rings. The molecule has 0 bridgehead atoms. The van der Waals surface area contributed by atoms with Crippen molar-refractivity contribution >= 4 is 11.8 Å². The van der Waals surface area contributed by atoms with Crippen molar-refractivity contribution in [2.45, 2.75) is 19.0 Å². The molecule has 18 heavy (non-hydrogen) atoms. The van der Waals surface area contributed by atoms with Crippen LogP contribution in [0.25, 0.3) is 0 Å². The number of hydrogen-bond acceptors (Lipinski definition) is 3. The molecule has 1 atom stereocenters. The highest BCUT2D eigenvalue weighted by molar-refractivity contribution is 5.91. The Balaban J connectivity index is 2.07. The van der Waals surface area contributed by atoms with Crippen molar-refractivity contribution in [2.24, 2.45) is 5.73 Å². The molecular formula is C12H13N5O. The van der Waals surface area contributed by atoms with Gasteiger partial charge in [0.25, 0.3) is 0 Å². The van der Waals surface area contributed by atoms with Gasteiger partial charge in [-0.3, -0.25) is 4.90 Å². The van der Waals surface area contributed by atoms with E-state index < -0.39 is 6.03 Å². The highest BCUT2D eigenvalue weighted by atomic mass is 16.2. The van der Waals surface area contributed by atoms with E-state index in [0.717, 1.165) is 18.4 Å². The number of amides is 2. The van der Waals surface area contributed by atoms with Crippen LogP contribution < -0.4 is 10.6 Å². The first-order valence-corrected chi connectivity index (χ1v) is 5.77. The summed E-state index contributed by atoms with van der Waals surface area (Å²) in [6.07, 6.45) is 8.40. The number of anilines is 1. The van der Waals surface area contributed by atoms with Gasteiger partial charge in [0.2, 0.25) is 0 Å². The van der Waals surface area contributed by atoms with E-state index in [9.17, 15) is 4.79 Å². The number of imidazole rings is 1. The molecule has 0 radical (unpaired) electrons. The molecule has 3 heterocycles. The molecule has 0 saturated heterocycles. The predicted octanol–water partition coefficient (Wildman–Crippen LogP) is 1.31. The maximum atomic E-state index is 11.7. The Bertz CT molecular complexity index is 566. The van der Waals surface area contributed by atoms with Crippen molar-refractivity contribution in [3.8, 4) is 0 Å². The van der Waals surface area contributed by atoms with Crippen LogP contribution in [0.5, 0.6) is 0 Å². The third kappa shape index (κ3) is 1.62. The molecule has 6 nitrogen and oxygen atoms in total. The lowest BCUT2D eigenvalue weighted by atomic mass is 10.0. The highest BCUT2D eigenvalue weighted by Crippen LogP contribution is 2.33. The number of aromatic nitrogens is 3. The molecule has 2 amide bonds. The average molecular weight is 243 g/mol. The fourth-order valence-corrected chi connectivity index (χ4v) is 2.38. The molecule has 6 heteroatoms. The summed E-state index contributed by atoms with van der Waals surface area (Å²) in [5.41, 5.74) is 6.54. The molecule has 0 fully saturated rings. The van der Waals surface area contributed by atoms with Gasteiger partial charge in [-0.25, -0.2) is 14.8 Å². The zero-order chi connectivity index (χ0) is 12.5. The Hall–Kier alpha value is -2.37. The molecule has 3 rings (SSSR count). The van der Waals surface area contributed by atoms with E-state index in [0.29, 0.717) is 5.82 Å². The van der Waals surface area contributed by atoms with E-state index in [1.54, 1.807) is 18.7 Å². The second-order valence-electron chi connectivity index (χ2n) is 4.22. The fourth-order valence-electron chi connectivity index (χ4n) is 2.38. The molecule has 0 spiro atoms. The number of pyridine rings is 1. The third-order valence-electron chi connectivity index (χ3n) is 3.17. The molecule has 2 N–H and O–H groups in total. The molecule has 1 aliphatic rings. The Morgan fingerprint density at radius 3 is 3.06 bits per heavy atom. The average Bonchev–Trinajstić information content (AvgIpc) is 2.90. The summed E-state index contributed by atoms with van der Waals surface area (Å²) in [5.74, 6) is 0.648. The Labute approximate surface area is 104 Å². The number of carbonyl (C=O) groups is 1. The lowest BCUT2D eigenvalue weighted by Crippen LogP contribution is -2.44. The maximum Gasteiger partial charge on any atom is 0.322 e. The number of urea groups is 1. The molecule has 0 saturated carbocycles. The van der Waals surface area contributed by atoms with Crippen molar-refractivity contribution in [2.75, 3.05) is 4.90 Å². The molecule has 1 aliphatic heterocycles. The molecular weight excluding hydrogens is 230 g/mol. The number of rotatable bonds is 1. The lowest BCUT2D eigenvalue weighted by Gasteiger charge is -2.35. The van der Waals surface area contributed by atoms with Crippen LogP contribution in [0, 0.1) is 0 Å². The predicted molar refractivity (Wildman–Crippen MR) is 65.9 cm³/mol. The maximum absolute atomic E-state index is 11.7. The summed E-state index contributed by atoms with van der Waals surface area (Å²) >= 11 is 0. The number of nitrogens with two attached hydrogens (primary N) is 1. The quantitative estimate of drug-likeness (QED) is 0.820. The van der Waals surface area contributed by atoms with Crippen LogP contribution >= 0.6 is 0 Å². The SMILES string of the molecule is NC(=O)N1c2ncccc2CCC1n1ccnc1. The minimum Gasteiger partial charge on any atom is -0.351 e. The number of carbonyl (C=O) groups excluding carboxylic acids is 1. The van der Waals surface area contributed by atoms with Gasteiger partial charge < -0.3 is 10.3 Å². The number of nitrogens with zero attached hydrogens (tertiary/aromatic N) is 4. The Morgan fingerprint density at radius 2 is 2.33 bits per heavy atom. The highest BCUT2D eigenvalue weighted by Gasteiger charge is 2.31. The van der Waals surface area contributed by atoms with Crippen LogP contribution in [0.3, 0.4) is 0 Å². The molecule has 2 aromatic heterocycles. The van der Waals surface area contributed by atoms with E-state index in [1.807, 2.05) is 22.9 Å². The normalized spacial score (nSPS) is 18.4. The van der Waals surface area contributed by atoms with Crippen molar-refractivity contribution in [3.63, 3.8) is 0 Å². The standard InChI is InChI=1S/C12H13N5O/c13-12(18)17-10(16-7-6-14-8-16)4-3-9-2-1-5-15-11(9)17/h1-2,5-8,10H,3-4H2,(H2,13,18). The first-order valence-electron chi connectivity index (χ1n) is 5.77. The van der Waals surface area contributed by atoms with Crippen LogP contribution in [-0.2, 0) is 6.42 Å². The zero-order valence-electron chi connectivity index (χ0n) is 9.73. The van der Waals surface area contributed by atoms with E-state index in [-0.39, 0.29) is 6.17 Å².